The average Bonchev–Trinajstić information content (AvgIpc) is 3.18. The highest BCUT2D eigenvalue weighted by Gasteiger charge is 2.10. The molecule has 1 saturated heterocycles. The van der Waals surface area contributed by atoms with E-state index in [0.717, 1.165) is 67.3 Å². The molecule has 1 fully saturated rings. The van der Waals surface area contributed by atoms with E-state index in [1.54, 1.807) is 11.3 Å². The summed E-state index contributed by atoms with van der Waals surface area (Å²) in [7, 11) is 0. The Labute approximate surface area is 169 Å². The molecule has 146 valence electrons. The molecule has 28 heavy (non-hydrogen) atoms. The zero-order chi connectivity index (χ0) is 19.2. The van der Waals surface area contributed by atoms with Crippen LogP contribution in [0.1, 0.15) is 5.56 Å². The van der Waals surface area contributed by atoms with Crippen LogP contribution in [0.25, 0.3) is 11.3 Å². The zero-order valence-electron chi connectivity index (χ0n) is 16.0. The Morgan fingerprint density at radius 2 is 2.07 bits per heavy atom. The molecular weight excluding hydrogens is 370 g/mol. The maximum Gasteiger partial charge on any atom is 0.187 e. The molecule has 4 rings (SSSR count). The van der Waals surface area contributed by atoms with Crippen LogP contribution in [0.15, 0.2) is 48.0 Å². The van der Waals surface area contributed by atoms with Crippen LogP contribution in [0.4, 0.5) is 16.6 Å². The van der Waals surface area contributed by atoms with Gasteiger partial charge in [-0.05, 0) is 36.8 Å². The van der Waals surface area contributed by atoms with E-state index in [9.17, 15) is 0 Å². The number of anilines is 3. The number of nitrogens with one attached hydrogen (secondary N) is 2. The molecule has 0 bridgehead atoms. The molecule has 6 nitrogen and oxygen atoms in total. The third kappa shape index (κ3) is 5.07. The summed E-state index contributed by atoms with van der Waals surface area (Å²) in [6, 6.07) is 12.4. The van der Waals surface area contributed by atoms with Gasteiger partial charge in [0.15, 0.2) is 5.13 Å². The van der Waals surface area contributed by atoms with Gasteiger partial charge in [-0.1, -0.05) is 12.1 Å². The van der Waals surface area contributed by atoms with Crippen molar-refractivity contribution in [3.8, 4) is 11.3 Å². The van der Waals surface area contributed by atoms with Crippen LogP contribution in [0.5, 0.6) is 0 Å². The lowest BCUT2D eigenvalue weighted by Crippen LogP contribution is -2.39. The number of benzene rings is 1. The number of morpholine rings is 1. The highest BCUT2D eigenvalue weighted by Crippen LogP contribution is 2.28. The van der Waals surface area contributed by atoms with Crippen LogP contribution in [0, 0.1) is 6.92 Å². The van der Waals surface area contributed by atoms with Gasteiger partial charge >= 0.3 is 0 Å². The fraction of sp³-hybridized carbons (Fsp3) is 0.333. The van der Waals surface area contributed by atoms with Crippen molar-refractivity contribution in [2.24, 2.45) is 0 Å². The van der Waals surface area contributed by atoms with Gasteiger partial charge in [0.2, 0.25) is 0 Å². The highest BCUT2D eigenvalue weighted by atomic mass is 32.1. The molecule has 2 aromatic heterocycles. The lowest BCUT2D eigenvalue weighted by atomic mass is 10.2. The summed E-state index contributed by atoms with van der Waals surface area (Å²) in [4.78, 5) is 11.6. The van der Waals surface area contributed by atoms with Gasteiger partial charge in [0, 0.05) is 49.0 Å². The van der Waals surface area contributed by atoms with Crippen molar-refractivity contribution in [1.29, 1.82) is 0 Å². The molecule has 0 radical (unpaired) electrons. The van der Waals surface area contributed by atoms with Crippen molar-refractivity contribution in [3.63, 3.8) is 0 Å². The fourth-order valence-electron chi connectivity index (χ4n) is 3.16. The molecular formula is C21H25N5OS. The first kappa shape index (κ1) is 18.9. The molecule has 7 heteroatoms. The number of pyridine rings is 1. The van der Waals surface area contributed by atoms with Crippen molar-refractivity contribution in [1.82, 2.24) is 14.9 Å². The summed E-state index contributed by atoms with van der Waals surface area (Å²) in [5.74, 6) is 0.881. The van der Waals surface area contributed by atoms with Crippen LogP contribution in [0.3, 0.4) is 0 Å². The molecule has 1 aliphatic heterocycles. The van der Waals surface area contributed by atoms with Gasteiger partial charge in [0.05, 0.1) is 18.9 Å². The normalized spacial score (nSPS) is 14.8. The van der Waals surface area contributed by atoms with Crippen molar-refractivity contribution < 1.29 is 4.74 Å². The Morgan fingerprint density at radius 1 is 1.18 bits per heavy atom. The molecule has 2 N–H and O–H groups in total. The first-order valence-corrected chi connectivity index (χ1v) is 10.4. The van der Waals surface area contributed by atoms with Crippen LogP contribution < -0.4 is 10.6 Å². The minimum atomic E-state index is 0.830. The number of rotatable bonds is 7. The van der Waals surface area contributed by atoms with Gasteiger partial charge in [-0.25, -0.2) is 9.97 Å². The number of hydrogen-bond acceptors (Lipinski definition) is 7. The number of nitrogens with zero attached hydrogens (tertiary/aromatic N) is 3. The quantitative estimate of drug-likeness (QED) is 0.630. The van der Waals surface area contributed by atoms with E-state index in [1.165, 1.54) is 5.56 Å². The largest absolute Gasteiger partial charge is 0.379 e. The SMILES string of the molecule is Cc1cccc(Nc2nc(-c3ccnc(NCCN4CCOCC4)c3)cs2)c1. The zero-order valence-corrected chi connectivity index (χ0v) is 16.8. The molecule has 1 aliphatic rings. The molecule has 0 unspecified atom stereocenters. The number of thiazole rings is 1. The van der Waals surface area contributed by atoms with E-state index >= 15 is 0 Å². The van der Waals surface area contributed by atoms with E-state index in [-0.39, 0.29) is 0 Å². The van der Waals surface area contributed by atoms with Crippen molar-refractivity contribution in [3.05, 3.63) is 53.5 Å². The summed E-state index contributed by atoms with van der Waals surface area (Å²) >= 11 is 1.61. The molecule has 0 amide bonds. The van der Waals surface area contributed by atoms with E-state index in [1.807, 2.05) is 18.3 Å². The average molecular weight is 396 g/mol. The predicted octanol–water partition coefficient (Wildman–Crippen LogP) is 4.00. The van der Waals surface area contributed by atoms with E-state index in [4.69, 9.17) is 9.72 Å². The van der Waals surface area contributed by atoms with Crippen LogP contribution >= 0.6 is 11.3 Å². The third-order valence-corrected chi connectivity index (χ3v) is 5.42. The van der Waals surface area contributed by atoms with Crippen molar-refractivity contribution in [2.45, 2.75) is 6.92 Å². The lowest BCUT2D eigenvalue weighted by Gasteiger charge is -2.26. The summed E-state index contributed by atoms with van der Waals surface area (Å²) in [6.45, 7) is 7.62. The maximum absolute atomic E-state index is 5.39. The summed E-state index contributed by atoms with van der Waals surface area (Å²) in [5.41, 5.74) is 4.31. The number of aryl methyl sites for hydroxylation is 1. The molecule has 0 saturated carbocycles. The van der Waals surface area contributed by atoms with Gasteiger partial charge in [-0.15, -0.1) is 11.3 Å². The maximum atomic E-state index is 5.39. The van der Waals surface area contributed by atoms with Crippen molar-refractivity contribution >= 4 is 28.0 Å². The smallest absolute Gasteiger partial charge is 0.187 e. The van der Waals surface area contributed by atoms with Gasteiger partial charge < -0.3 is 15.4 Å². The Kier molecular flexibility index (Phi) is 6.16. The van der Waals surface area contributed by atoms with E-state index in [2.05, 4.69) is 57.1 Å². The standard InChI is InChI=1S/C21H25N5OS/c1-16-3-2-4-18(13-16)24-21-25-19(15-28-21)17-5-6-22-20(14-17)23-7-8-26-9-11-27-12-10-26/h2-6,13-15H,7-12H2,1H3,(H,22,23)(H,24,25). The number of ether oxygens (including phenoxy) is 1. The number of aromatic nitrogens is 2. The first-order valence-electron chi connectivity index (χ1n) is 9.56. The Morgan fingerprint density at radius 3 is 2.93 bits per heavy atom. The minimum Gasteiger partial charge on any atom is -0.379 e. The summed E-state index contributed by atoms with van der Waals surface area (Å²) in [5, 5.41) is 9.76. The van der Waals surface area contributed by atoms with Crippen LogP contribution in [0.2, 0.25) is 0 Å². The first-order chi connectivity index (χ1) is 13.8. The second-order valence-corrected chi connectivity index (χ2v) is 7.70. The molecule has 0 spiro atoms. The summed E-state index contributed by atoms with van der Waals surface area (Å²) in [6.07, 6.45) is 1.83. The van der Waals surface area contributed by atoms with Gasteiger partial charge in [0.25, 0.3) is 0 Å². The van der Waals surface area contributed by atoms with Gasteiger partial charge in [-0.3, -0.25) is 4.90 Å². The lowest BCUT2D eigenvalue weighted by molar-refractivity contribution is 0.0398. The minimum absolute atomic E-state index is 0.830. The van der Waals surface area contributed by atoms with Crippen LogP contribution in [-0.2, 0) is 4.74 Å². The second kappa shape index (κ2) is 9.14. The Hall–Kier alpha value is -2.48. The molecule has 1 aromatic carbocycles. The molecule has 0 aliphatic carbocycles. The Balaban J connectivity index is 1.36. The van der Waals surface area contributed by atoms with Gasteiger partial charge in [0.1, 0.15) is 5.82 Å². The van der Waals surface area contributed by atoms with Crippen LogP contribution in [-0.4, -0.2) is 54.3 Å². The Bertz CT molecular complexity index is 907. The fourth-order valence-corrected chi connectivity index (χ4v) is 3.90. The summed E-state index contributed by atoms with van der Waals surface area (Å²) < 4.78 is 5.39. The second-order valence-electron chi connectivity index (χ2n) is 6.84. The molecule has 3 heterocycles. The van der Waals surface area contributed by atoms with E-state index in [0.29, 0.717) is 0 Å². The third-order valence-electron chi connectivity index (χ3n) is 4.67. The van der Waals surface area contributed by atoms with E-state index < -0.39 is 0 Å². The molecule has 3 aromatic rings. The molecule has 0 atom stereocenters. The van der Waals surface area contributed by atoms with Crippen molar-refractivity contribution in [2.75, 3.05) is 50.0 Å². The number of hydrogen-bond donors (Lipinski definition) is 2. The predicted molar refractivity (Wildman–Crippen MR) is 116 cm³/mol. The highest BCUT2D eigenvalue weighted by molar-refractivity contribution is 7.14. The van der Waals surface area contributed by atoms with Gasteiger partial charge in [-0.2, -0.15) is 0 Å². The monoisotopic (exact) mass is 395 g/mol. The topological polar surface area (TPSA) is 62.3 Å².